The Labute approximate surface area is 225 Å². The largest absolute Gasteiger partial charge is 0.481 e. The van der Waals surface area contributed by atoms with Crippen LogP contribution < -0.4 is 0 Å². The van der Waals surface area contributed by atoms with Crippen molar-refractivity contribution in [1.29, 1.82) is 0 Å². The highest BCUT2D eigenvalue weighted by Gasteiger charge is 2.74. The molecule has 0 aromatic carbocycles. The Morgan fingerprint density at radius 1 is 0.618 bits per heavy atom. The zero-order chi connectivity index (χ0) is 24.5. The molecule has 8 nitrogen and oxygen atoms in total. The number of ether oxygens (including phenoxy) is 2. The van der Waals surface area contributed by atoms with E-state index in [0.29, 0.717) is 64.2 Å². The zero-order valence-corrected chi connectivity index (χ0v) is 23.4. The summed E-state index contributed by atoms with van der Waals surface area (Å²) in [6.45, 7) is 0. The Bertz CT molecular complexity index is 895. The van der Waals surface area contributed by atoms with Gasteiger partial charge in [-0.2, -0.15) is 0 Å². The molecule has 190 valence electrons. The number of carbonyl (C=O) groups excluding carboxylic acids is 1. The number of carboxylic acid groups (broad SMARTS) is 1. The third-order valence-electron chi connectivity index (χ3n) is 9.07. The highest BCUT2D eigenvalue weighted by Crippen LogP contribution is 2.70. The standard InChI is InChI=1S/C24H32I2O8/c25-17-3-19(30)9-20(31,4-17)12-23(7-17,11-19)34-24-8-18(26)5-21(32,13-24)10-22(6-18,14-24)33-16(29)2-1-15(27)28/h30-32H,1-14H2,(H,27,28). The van der Waals surface area contributed by atoms with Crippen molar-refractivity contribution >= 4 is 57.1 Å². The van der Waals surface area contributed by atoms with Gasteiger partial charge >= 0.3 is 11.9 Å². The van der Waals surface area contributed by atoms with E-state index >= 15 is 0 Å². The lowest BCUT2D eigenvalue weighted by Crippen LogP contribution is -2.76. The number of esters is 1. The lowest BCUT2D eigenvalue weighted by Gasteiger charge is -2.71. The Kier molecular flexibility index (Phi) is 5.06. The third kappa shape index (κ3) is 4.04. The minimum atomic E-state index is -1.04. The quantitative estimate of drug-likeness (QED) is 0.189. The topological polar surface area (TPSA) is 134 Å². The normalized spacial score (nSPS) is 56.6. The molecule has 6 atom stereocenters. The Morgan fingerprint density at radius 2 is 1.06 bits per heavy atom. The first-order valence-electron chi connectivity index (χ1n) is 12.2. The highest BCUT2D eigenvalue weighted by atomic mass is 127. The van der Waals surface area contributed by atoms with Crippen LogP contribution in [0.3, 0.4) is 0 Å². The monoisotopic (exact) mass is 702 g/mol. The van der Waals surface area contributed by atoms with Crippen molar-refractivity contribution in [3.8, 4) is 0 Å². The molecular weight excluding hydrogens is 670 g/mol. The molecule has 8 saturated carbocycles. The molecule has 0 aromatic rings. The van der Waals surface area contributed by atoms with Crippen LogP contribution in [0, 0.1) is 0 Å². The van der Waals surface area contributed by atoms with Crippen molar-refractivity contribution in [3.63, 3.8) is 0 Å². The van der Waals surface area contributed by atoms with E-state index in [4.69, 9.17) is 14.6 Å². The molecule has 0 spiro atoms. The first-order chi connectivity index (χ1) is 15.5. The van der Waals surface area contributed by atoms with Gasteiger partial charge in [-0.25, -0.2) is 0 Å². The van der Waals surface area contributed by atoms with Gasteiger partial charge in [0.2, 0.25) is 0 Å². The van der Waals surface area contributed by atoms with Crippen LogP contribution in [0.1, 0.15) is 89.9 Å². The molecule has 0 saturated heterocycles. The van der Waals surface area contributed by atoms with E-state index in [1.807, 2.05) is 0 Å². The Hall–Kier alpha value is 0.240. The van der Waals surface area contributed by atoms with Gasteiger partial charge in [-0.05, 0) is 32.1 Å². The fourth-order valence-electron chi connectivity index (χ4n) is 9.89. The average Bonchev–Trinajstić information content (AvgIpc) is 2.50. The van der Waals surface area contributed by atoms with Gasteiger partial charge in [0, 0.05) is 51.8 Å². The number of rotatable bonds is 6. The van der Waals surface area contributed by atoms with E-state index < -0.39 is 45.5 Å². The predicted molar refractivity (Wildman–Crippen MR) is 136 cm³/mol. The first kappa shape index (κ1) is 24.6. The summed E-state index contributed by atoms with van der Waals surface area (Å²) < 4.78 is 12.6. The molecule has 0 radical (unpaired) electrons. The summed E-state index contributed by atoms with van der Waals surface area (Å²) >= 11 is 4.81. The molecule has 0 amide bonds. The molecule has 8 aliphatic rings. The molecule has 4 N–H and O–H groups in total. The maximum atomic E-state index is 12.6. The lowest BCUT2D eigenvalue weighted by molar-refractivity contribution is -0.330. The third-order valence-corrected chi connectivity index (χ3v) is 11.4. The van der Waals surface area contributed by atoms with Crippen molar-refractivity contribution in [2.45, 2.75) is 130 Å². The summed E-state index contributed by atoms with van der Waals surface area (Å²) in [5, 5.41) is 43.3. The molecule has 8 aliphatic carbocycles. The van der Waals surface area contributed by atoms with E-state index in [2.05, 4.69) is 45.2 Å². The molecule has 10 heteroatoms. The number of aliphatic carboxylic acids is 1. The predicted octanol–water partition coefficient (Wildman–Crippen LogP) is 2.93. The molecule has 0 aromatic heterocycles. The minimum Gasteiger partial charge on any atom is -0.481 e. The summed E-state index contributed by atoms with van der Waals surface area (Å²) in [5.74, 6) is -1.59. The summed E-state index contributed by atoms with van der Waals surface area (Å²) in [7, 11) is 0. The van der Waals surface area contributed by atoms with Crippen LogP contribution in [-0.2, 0) is 19.1 Å². The van der Waals surface area contributed by atoms with Gasteiger partial charge in [-0.1, -0.05) is 45.2 Å². The lowest BCUT2D eigenvalue weighted by atomic mass is 9.48. The van der Waals surface area contributed by atoms with Crippen LogP contribution in [0.25, 0.3) is 0 Å². The molecular formula is C24H32I2O8. The highest BCUT2D eigenvalue weighted by molar-refractivity contribution is 14.1. The van der Waals surface area contributed by atoms with Crippen molar-refractivity contribution in [1.82, 2.24) is 0 Å². The van der Waals surface area contributed by atoms with Gasteiger partial charge in [-0.15, -0.1) is 0 Å². The van der Waals surface area contributed by atoms with E-state index in [-0.39, 0.29) is 19.7 Å². The number of aliphatic hydroxyl groups is 3. The van der Waals surface area contributed by atoms with E-state index in [1.54, 1.807) is 0 Å². The summed E-state index contributed by atoms with van der Waals surface area (Å²) in [6, 6.07) is 0. The average molecular weight is 702 g/mol. The second kappa shape index (κ2) is 7.00. The van der Waals surface area contributed by atoms with Crippen LogP contribution in [-0.4, -0.2) is 72.8 Å². The van der Waals surface area contributed by atoms with Gasteiger partial charge in [0.15, 0.2) is 0 Å². The second-order valence-corrected chi connectivity index (χ2v) is 17.7. The van der Waals surface area contributed by atoms with Crippen molar-refractivity contribution in [2.75, 3.05) is 0 Å². The van der Waals surface area contributed by atoms with Crippen molar-refractivity contribution < 1.29 is 39.5 Å². The SMILES string of the molecule is O=C(O)CCC(=O)OC12CC3(O)CC(I)(C1)CC(OC14CC5(O)CC(O)(CC(I)(C5)C1)C4)(C3)C2. The number of carbonyl (C=O) groups is 2. The van der Waals surface area contributed by atoms with E-state index in [1.165, 1.54) is 0 Å². The van der Waals surface area contributed by atoms with E-state index in [0.717, 1.165) is 12.8 Å². The Morgan fingerprint density at radius 3 is 1.56 bits per heavy atom. The van der Waals surface area contributed by atoms with Gasteiger partial charge in [0.25, 0.3) is 0 Å². The molecule has 0 heterocycles. The van der Waals surface area contributed by atoms with Gasteiger partial charge in [0.1, 0.15) is 5.60 Å². The maximum Gasteiger partial charge on any atom is 0.306 e. The summed E-state index contributed by atoms with van der Waals surface area (Å²) in [4.78, 5) is 23.5. The van der Waals surface area contributed by atoms with Crippen LogP contribution in [0.4, 0.5) is 0 Å². The zero-order valence-electron chi connectivity index (χ0n) is 19.1. The fraction of sp³-hybridized carbons (Fsp3) is 0.917. The van der Waals surface area contributed by atoms with Gasteiger partial charge in [-0.3, -0.25) is 9.59 Å². The Balaban J connectivity index is 1.32. The summed E-state index contributed by atoms with van der Waals surface area (Å²) in [5.41, 5.74) is -5.22. The number of hydrogen-bond donors (Lipinski definition) is 4. The smallest absolute Gasteiger partial charge is 0.306 e. The number of carboxylic acids is 1. The van der Waals surface area contributed by atoms with Crippen LogP contribution >= 0.6 is 45.2 Å². The molecule has 8 bridgehead atoms. The summed E-state index contributed by atoms with van der Waals surface area (Å²) in [6.07, 6.45) is 6.13. The van der Waals surface area contributed by atoms with Crippen LogP contribution in [0.5, 0.6) is 0 Å². The van der Waals surface area contributed by atoms with Crippen molar-refractivity contribution in [3.05, 3.63) is 0 Å². The van der Waals surface area contributed by atoms with E-state index in [9.17, 15) is 24.9 Å². The molecule has 0 aliphatic heterocycles. The maximum absolute atomic E-state index is 12.6. The van der Waals surface area contributed by atoms with Crippen LogP contribution in [0.15, 0.2) is 0 Å². The second-order valence-electron chi connectivity index (χ2n) is 13.1. The number of hydrogen-bond acceptors (Lipinski definition) is 7. The van der Waals surface area contributed by atoms with Gasteiger partial charge in [0.05, 0.1) is 40.8 Å². The van der Waals surface area contributed by atoms with Crippen LogP contribution in [0.2, 0.25) is 0 Å². The molecule has 6 unspecified atom stereocenters. The molecule has 8 fully saturated rings. The minimum absolute atomic E-state index is 0.195. The van der Waals surface area contributed by atoms with Gasteiger partial charge < -0.3 is 29.9 Å². The first-order valence-corrected chi connectivity index (χ1v) is 14.3. The molecule has 8 rings (SSSR count). The number of alkyl halides is 2. The fourth-order valence-corrected chi connectivity index (χ4v) is 14.1. The molecule has 34 heavy (non-hydrogen) atoms. The van der Waals surface area contributed by atoms with Crippen molar-refractivity contribution in [2.24, 2.45) is 0 Å². The number of halogens is 2.